The zero-order valence-electron chi connectivity index (χ0n) is 11.6. The van der Waals surface area contributed by atoms with Crippen LogP contribution in [0.25, 0.3) is 0 Å². The lowest BCUT2D eigenvalue weighted by Gasteiger charge is -2.24. The fraction of sp³-hybridized carbons (Fsp3) is 0.467. The van der Waals surface area contributed by atoms with E-state index in [4.69, 9.17) is 4.74 Å². The van der Waals surface area contributed by atoms with Crippen molar-refractivity contribution in [1.29, 1.82) is 0 Å². The number of hydrogen-bond acceptors (Lipinski definition) is 4. The average molecular weight is 307 g/mol. The first-order valence-electron chi connectivity index (χ1n) is 6.94. The first-order chi connectivity index (χ1) is 10.1. The molecule has 2 saturated heterocycles. The van der Waals surface area contributed by atoms with Gasteiger partial charge in [0.2, 0.25) is 5.91 Å². The van der Waals surface area contributed by atoms with E-state index in [1.54, 1.807) is 11.8 Å². The second-order valence-corrected chi connectivity index (χ2v) is 6.22. The lowest BCUT2D eigenvalue weighted by Crippen LogP contribution is -2.41. The molecule has 3 rings (SSSR count). The summed E-state index contributed by atoms with van der Waals surface area (Å²) in [7, 11) is 0. The summed E-state index contributed by atoms with van der Waals surface area (Å²) in [6, 6.07) is 7.50. The number of para-hydroxylation sites is 1. The van der Waals surface area contributed by atoms with Crippen molar-refractivity contribution in [3.05, 3.63) is 24.3 Å². The summed E-state index contributed by atoms with van der Waals surface area (Å²) < 4.78 is 5.63. The molecule has 2 aliphatic rings. The van der Waals surface area contributed by atoms with Gasteiger partial charge in [0.25, 0.3) is 0 Å². The number of nitrogens with one attached hydrogen (secondary N) is 1. The summed E-state index contributed by atoms with van der Waals surface area (Å²) in [4.78, 5) is 24.9. The number of hydrogen-bond donors (Lipinski definition) is 2. The van der Waals surface area contributed by atoms with Crippen molar-refractivity contribution in [3.63, 3.8) is 0 Å². The van der Waals surface area contributed by atoms with Crippen LogP contribution in [0.2, 0.25) is 0 Å². The van der Waals surface area contributed by atoms with E-state index in [9.17, 15) is 14.7 Å². The molecule has 112 valence electrons. The quantitative estimate of drug-likeness (QED) is 0.834. The van der Waals surface area contributed by atoms with Crippen molar-refractivity contribution in [2.75, 3.05) is 11.6 Å². The van der Waals surface area contributed by atoms with Crippen LogP contribution < -0.4 is 5.32 Å². The minimum absolute atomic E-state index is 0.254. The van der Waals surface area contributed by atoms with Crippen molar-refractivity contribution in [1.82, 2.24) is 0 Å². The molecule has 2 N–H and O–H groups in total. The lowest BCUT2D eigenvalue weighted by atomic mass is 9.78. The highest BCUT2D eigenvalue weighted by molar-refractivity contribution is 7.98. The minimum atomic E-state index is -0.944. The van der Waals surface area contributed by atoms with Gasteiger partial charge < -0.3 is 15.2 Å². The second kappa shape index (κ2) is 5.69. The van der Waals surface area contributed by atoms with E-state index in [-0.39, 0.29) is 18.1 Å². The Labute approximate surface area is 127 Å². The number of anilines is 1. The molecule has 1 aromatic carbocycles. The summed E-state index contributed by atoms with van der Waals surface area (Å²) in [6.45, 7) is 0. The normalized spacial score (nSPS) is 30.3. The Kier molecular flexibility index (Phi) is 3.91. The van der Waals surface area contributed by atoms with Crippen LogP contribution >= 0.6 is 11.8 Å². The van der Waals surface area contributed by atoms with Gasteiger partial charge in [0, 0.05) is 4.90 Å². The summed E-state index contributed by atoms with van der Waals surface area (Å²) in [5, 5.41) is 12.2. The molecule has 0 radical (unpaired) electrons. The number of carboxylic acid groups (broad SMARTS) is 1. The van der Waals surface area contributed by atoms with Gasteiger partial charge in [-0.3, -0.25) is 9.59 Å². The van der Waals surface area contributed by atoms with Crippen LogP contribution in [0.4, 0.5) is 5.69 Å². The molecule has 2 unspecified atom stereocenters. The molecule has 6 heteroatoms. The van der Waals surface area contributed by atoms with Crippen molar-refractivity contribution < 1.29 is 19.4 Å². The molecule has 2 aliphatic heterocycles. The summed E-state index contributed by atoms with van der Waals surface area (Å²) in [6.07, 6.45) is 2.84. The fourth-order valence-corrected chi connectivity index (χ4v) is 3.84. The van der Waals surface area contributed by atoms with E-state index in [0.717, 1.165) is 23.4 Å². The number of benzene rings is 1. The van der Waals surface area contributed by atoms with Gasteiger partial charge in [0.05, 0.1) is 29.7 Å². The Morgan fingerprint density at radius 2 is 1.90 bits per heavy atom. The van der Waals surface area contributed by atoms with E-state index < -0.39 is 17.8 Å². The maximum absolute atomic E-state index is 12.5. The molecular weight excluding hydrogens is 290 g/mol. The van der Waals surface area contributed by atoms with E-state index >= 15 is 0 Å². The molecule has 4 atom stereocenters. The molecule has 1 amide bonds. The summed E-state index contributed by atoms with van der Waals surface area (Å²) >= 11 is 1.54. The van der Waals surface area contributed by atoms with Gasteiger partial charge in [-0.25, -0.2) is 0 Å². The van der Waals surface area contributed by atoms with E-state index in [0.29, 0.717) is 0 Å². The number of carbonyl (C=O) groups excluding carboxylic acids is 1. The standard InChI is InChI=1S/C15H17NO4S/c1-21-11-5-3-2-4-8(11)16-14(17)12-9-6-7-10(20-9)13(12)15(18)19/h2-5,9-10,12-13H,6-7H2,1H3,(H,16,17)(H,18,19)/t9-,10+,12?,13?/m1/s1. The number of aliphatic carboxylic acids is 1. The molecule has 21 heavy (non-hydrogen) atoms. The summed E-state index contributed by atoms with van der Waals surface area (Å²) in [5.74, 6) is -2.53. The molecule has 2 heterocycles. The number of carboxylic acids is 1. The fourth-order valence-electron chi connectivity index (χ4n) is 3.29. The predicted octanol–water partition coefficient (Wildman–Crippen LogP) is 2.23. The van der Waals surface area contributed by atoms with Gasteiger partial charge in [-0.05, 0) is 31.2 Å². The van der Waals surface area contributed by atoms with Crippen LogP contribution in [0.15, 0.2) is 29.2 Å². The van der Waals surface area contributed by atoms with Crippen LogP contribution in [0.3, 0.4) is 0 Å². The Morgan fingerprint density at radius 1 is 1.24 bits per heavy atom. The number of thioether (sulfide) groups is 1. The number of amides is 1. The maximum atomic E-state index is 12.5. The highest BCUT2D eigenvalue weighted by atomic mass is 32.2. The Balaban J connectivity index is 1.80. The van der Waals surface area contributed by atoms with Crippen LogP contribution in [0.1, 0.15) is 12.8 Å². The third kappa shape index (κ3) is 2.53. The molecule has 0 saturated carbocycles. The van der Waals surface area contributed by atoms with Gasteiger partial charge in [-0.2, -0.15) is 0 Å². The van der Waals surface area contributed by atoms with Crippen molar-refractivity contribution in [2.45, 2.75) is 29.9 Å². The highest BCUT2D eigenvalue weighted by Gasteiger charge is 2.55. The number of fused-ring (bicyclic) bond motifs is 2. The van der Waals surface area contributed by atoms with Gasteiger partial charge in [0.1, 0.15) is 0 Å². The van der Waals surface area contributed by atoms with Crippen LogP contribution in [0.5, 0.6) is 0 Å². The van der Waals surface area contributed by atoms with Gasteiger partial charge in [0.15, 0.2) is 0 Å². The lowest BCUT2D eigenvalue weighted by molar-refractivity contribution is -0.147. The molecule has 2 fully saturated rings. The third-order valence-corrected chi connectivity index (χ3v) is 5.02. The predicted molar refractivity (Wildman–Crippen MR) is 79.4 cm³/mol. The molecule has 2 bridgehead atoms. The zero-order valence-corrected chi connectivity index (χ0v) is 12.4. The van der Waals surface area contributed by atoms with Gasteiger partial charge >= 0.3 is 5.97 Å². The van der Waals surface area contributed by atoms with Crippen LogP contribution in [-0.2, 0) is 14.3 Å². The topological polar surface area (TPSA) is 75.6 Å². The van der Waals surface area contributed by atoms with Crippen molar-refractivity contribution in [3.8, 4) is 0 Å². The first kappa shape index (κ1) is 14.4. The van der Waals surface area contributed by atoms with E-state index in [1.165, 1.54) is 0 Å². The van der Waals surface area contributed by atoms with Crippen molar-refractivity contribution >= 4 is 29.3 Å². The van der Waals surface area contributed by atoms with Crippen LogP contribution in [-0.4, -0.2) is 35.4 Å². The monoisotopic (exact) mass is 307 g/mol. The Bertz CT molecular complexity index is 577. The van der Waals surface area contributed by atoms with E-state index in [1.807, 2.05) is 30.5 Å². The molecule has 5 nitrogen and oxygen atoms in total. The van der Waals surface area contributed by atoms with Crippen molar-refractivity contribution in [2.24, 2.45) is 11.8 Å². The third-order valence-electron chi connectivity index (χ3n) is 4.23. The molecule has 0 spiro atoms. The largest absolute Gasteiger partial charge is 0.481 e. The zero-order chi connectivity index (χ0) is 15.0. The molecule has 0 aliphatic carbocycles. The number of ether oxygens (including phenoxy) is 1. The number of carbonyl (C=O) groups is 2. The van der Waals surface area contributed by atoms with Crippen LogP contribution in [0, 0.1) is 11.8 Å². The molecule has 1 aromatic rings. The smallest absolute Gasteiger partial charge is 0.310 e. The highest BCUT2D eigenvalue weighted by Crippen LogP contribution is 2.44. The van der Waals surface area contributed by atoms with Gasteiger partial charge in [-0.1, -0.05) is 12.1 Å². The summed E-state index contributed by atoms with van der Waals surface area (Å²) in [5.41, 5.74) is 0.724. The average Bonchev–Trinajstić information content (AvgIpc) is 3.08. The number of rotatable bonds is 4. The first-order valence-corrected chi connectivity index (χ1v) is 8.16. The molecular formula is C15H17NO4S. The molecule has 0 aromatic heterocycles. The SMILES string of the molecule is CSc1ccccc1NC(=O)C1C(C(=O)O)[C@@H]2CC[C@H]1O2. The minimum Gasteiger partial charge on any atom is -0.481 e. The Hall–Kier alpha value is -1.53. The Morgan fingerprint density at radius 3 is 2.57 bits per heavy atom. The van der Waals surface area contributed by atoms with Gasteiger partial charge in [-0.15, -0.1) is 11.8 Å². The maximum Gasteiger partial charge on any atom is 0.310 e. The second-order valence-electron chi connectivity index (χ2n) is 5.37. The van der Waals surface area contributed by atoms with E-state index in [2.05, 4.69) is 5.32 Å².